The minimum absolute atomic E-state index is 0.289. The van der Waals surface area contributed by atoms with Crippen LogP contribution in [0, 0.1) is 13.8 Å². The van der Waals surface area contributed by atoms with E-state index in [4.69, 9.17) is 0 Å². The topological polar surface area (TPSA) is 24.9 Å². The number of thiazole rings is 1. The van der Waals surface area contributed by atoms with Crippen LogP contribution in [0.5, 0.6) is 0 Å². The van der Waals surface area contributed by atoms with Gasteiger partial charge in [-0.2, -0.15) is 0 Å². The van der Waals surface area contributed by atoms with E-state index in [1.54, 1.807) is 11.3 Å². The van der Waals surface area contributed by atoms with Crippen LogP contribution in [0.1, 0.15) is 34.0 Å². The van der Waals surface area contributed by atoms with E-state index in [0.717, 1.165) is 16.0 Å². The number of rotatable bonds is 4. The molecule has 4 heteroatoms. The van der Waals surface area contributed by atoms with Gasteiger partial charge in [0.15, 0.2) is 0 Å². The molecular formula is C14H17BrN2S. The Morgan fingerprint density at radius 2 is 2.17 bits per heavy atom. The van der Waals surface area contributed by atoms with Crippen molar-refractivity contribution in [3.63, 3.8) is 0 Å². The second kappa shape index (κ2) is 5.95. The van der Waals surface area contributed by atoms with Gasteiger partial charge in [0.25, 0.3) is 0 Å². The van der Waals surface area contributed by atoms with Crippen molar-refractivity contribution < 1.29 is 0 Å². The Morgan fingerprint density at radius 1 is 1.39 bits per heavy atom. The average Bonchev–Trinajstić information content (AvgIpc) is 2.74. The first-order valence-electron chi connectivity index (χ1n) is 5.97. The van der Waals surface area contributed by atoms with Crippen molar-refractivity contribution in [1.82, 2.24) is 10.3 Å². The third-order valence-corrected chi connectivity index (χ3v) is 4.65. The molecule has 18 heavy (non-hydrogen) atoms. The number of benzene rings is 1. The van der Waals surface area contributed by atoms with Crippen molar-refractivity contribution in [2.24, 2.45) is 0 Å². The molecule has 1 unspecified atom stereocenters. The summed E-state index contributed by atoms with van der Waals surface area (Å²) in [5.74, 6) is 0. The molecule has 0 bridgehead atoms. The molecule has 96 valence electrons. The summed E-state index contributed by atoms with van der Waals surface area (Å²) in [4.78, 5) is 5.67. The first kappa shape index (κ1) is 13.7. The Balaban J connectivity index is 1.99. The van der Waals surface area contributed by atoms with Crippen LogP contribution in [0.4, 0.5) is 0 Å². The molecule has 0 aliphatic rings. The molecular weight excluding hydrogens is 308 g/mol. The van der Waals surface area contributed by atoms with Crippen LogP contribution in [0.25, 0.3) is 0 Å². The quantitative estimate of drug-likeness (QED) is 0.903. The smallest absolute Gasteiger partial charge is 0.109 e. The lowest BCUT2D eigenvalue weighted by atomic mass is 10.1. The SMILES string of the molecule is Cc1ccc(CNC(C)c2ncc(C)s2)c(Br)c1. The van der Waals surface area contributed by atoms with Gasteiger partial charge in [-0.25, -0.2) is 4.98 Å². The van der Waals surface area contributed by atoms with Crippen LogP contribution >= 0.6 is 27.3 Å². The minimum Gasteiger partial charge on any atom is -0.304 e. The second-order valence-electron chi connectivity index (χ2n) is 4.51. The number of nitrogens with one attached hydrogen (secondary N) is 1. The third-order valence-electron chi connectivity index (χ3n) is 2.82. The second-order valence-corrected chi connectivity index (χ2v) is 6.63. The van der Waals surface area contributed by atoms with Gasteiger partial charge in [0.05, 0.1) is 6.04 Å². The summed E-state index contributed by atoms with van der Waals surface area (Å²) in [5, 5.41) is 4.66. The molecule has 0 aliphatic carbocycles. The highest BCUT2D eigenvalue weighted by Gasteiger charge is 2.09. The van der Waals surface area contributed by atoms with Gasteiger partial charge in [-0.3, -0.25) is 0 Å². The van der Waals surface area contributed by atoms with Crippen LogP contribution in [0.2, 0.25) is 0 Å². The zero-order valence-corrected chi connectivity index (χ0v) is 13.2. The summed E-state index contributed by atoms with van der Waals surface area (Å²) in [6, 6.07) is 6.73. The molecule has 2 rings (SSSR count). The van der Waals surface area contributed by atoms with Gasteiger partial charge in [-0.1, -0.05) is 28.1 Å². The summed E-state index contributed by atoms with van der Waals surface area (Å²) in [7, 11) is 0. The maximum Gasteiger partial charge on any atom is 0.109 e. The number of aromatic nitrogens is 1. The van der Waals surface area contributed by atoms with E-state index in [0.29, 0.717) is 0 Å². The van der Waals surface area contributed by atoms with Crippen LogP contribution in [0.15, 0.2) is 28.9 Å². The normalized spacial score (nSPS) is 12.7. The molecule has 1 aromatic carbocycles. The van der Waals surface area contributed by atoms with E-state index in [9.17, 15) is 0 Å². The van der Waals surface area contributed by atoms with Gasteiger partial charge in [-0.05, 0) is 38.0 Å². The highest BCUT2D eigenvalue weighted by atomic mass is 79.9. The standard InChI is InChI=1S/C14H17BrN2S/c1-9-4-5-12(13(15)6-9)8-16-11(3)14-17-7-10(2)18-14/h4-7,11,16H,8H2,1-3H3. The Bertz CT molecular complexity index is 536. The van der Waals surface area contributed by atoms with Crippen molar-refractivity contribution in [3.8, 4) is 0 Å². The molecule has 1 aromatic heterocycles. The van der Waals surface area contributed by atoms with E-state index < -0.39 is 0 Å². The zero-order chi connectivity index (χ0) is 13.1. The first-order valence-corrected chi connectivity index (χ1v) is 7.58. The van der Waals surface area contributed by atoms with Crippen molar-refractivity contribution in [2.75, 3.05) is 0 Å². The Kier molecular flexibility index (Phi) is 4.54. The highest BCUT2D eigenvalue weighted by Crippen LogP contribution is 2.22. The summed E-state index contributed by atoms with van der Waals surface area (Å²) in [6.07, 6.45) is 1.93. The maximum atomic E-state index is 4.41. The van der Waals surface area contributed by atoms with Crippen molar-refractivity contribution in [3.05, 3.63) is 49.9 Å². The summed E-state index contributed by atoms with van der Waals surface area (Å²) in [5.41, 5.74) is 2.55. The van der Waals surface area contributed by atoms with Crippen LogP contribution in [-0.4, -0.2) is 4.98 Å². The van der Waals surface area contributed by atoms with Crippen molar-refractivity contribution in [2.45, 2.75) is 33.4 Å². The van der Waals surface area contributed by atoms with Gasteiger partial charge in [0.2, 0.25) is 0 Å². The molecule has 0 amide bonds. The molecule has 0 saturated carbocycles. The van der Waals surface area contributed by atoms with E-state index in [2.05, 4.69) is 65.2 Å². The minimum atomic E-state index is 0.289. The average molecular weight is 325 g/mol. The zero-order valence-electron chi connectivity index (χ0n) is 10.8. The van der Waals surface area contributed by atoms with Crippen LogP contribution in [-0.2, 0) is 6.54 Å². The molecule has 0 spiro atoms. The van der Waals surface area contributed by atoms with Gasteiger partial charge < -0.3 is 5.32 Å². The van der Waals surface area contributed by atoms with Gasteiger partial charge in [0, 0.05) is 22.1 Å². The number of hydrogen-bond donors (Lipinski definition) is 1. The summed E-state index contributed by atoms with van der Waals surface area (Å²) in [6.45, 7) is 7.19. The molecule has 1 atom stereocenters. The lowest BCUT2D eigenvalue weighted by molar-refractivity contribution is 0.571. The van der Waals surface area contributed by atoms with Crippen molar-refractivity contribution in [1.29, 1.82) is 0 Å². The van der Waals surface area contributed by atoms with Crippen molar-refractivity contribution >= 4 is 27.3 Å². The molecule has 0 aliphatic heterocycles. The molecule has 0 radical (unpaired) electrons. The predicted octanol–water partition coefficient (Wildman–Crippen LogP) is 4.37. The van der Waals surface area contributed by atoms with Gasteiger partial charge >= 0.3 is 0 Å². The van der Waals surface area contributed by atoms with E-state index in [1.165, 1.54) is 16.0 Å². The first-order chi connectivity index (χ1) is 8.56. The fraction of sp³-hybridized carbons (Fsp3) is 0.357. The van der Waals surface area contributed by atoms with Gasteiger partial charge in [0.1, 0.15) is 5.01 Å². The summed E-state index contributed by atoms with van der Waals surface area (Å²) < 4.78 is 1.16. The molecule has 2 aromatic rings. The van der Waals surface area contributed by atoms with Crippen LogP contribution < -0.4 is 5.32 Å². The maximum absolute atomic E-state index is 4.41. The number of nitrogens with zero attached hydrogens (tertiary/aromatic N) is 1. The highest BCUT2D eigenvalue weighted by molar-refractivity contribution is 9.10. The Labute approximate surface area is 121 Å². The van der Waals surface area contributed by atoms with E-state index >= 15 is 0 Å². The number of hydrogen-bond acceptors (Lipinski definition) is 3. The monoisotopic (exact) mass is 324 g/mol. The third kappa shape index (κ3) is 3.40. The Morgan fingerprint density at radius 3 is 2.78 bits per heavy atom. The fourth-order valence-corrected chi connectivity index (χ4v) is 3.15. The number of aryl methyl sites for hydroxylation is 2. The Hall–Kier alpha value is -0.710. The fourth-order valence-electron chi connectivity index (χ4n) is 1.72. The lowest BCUT2D eigenvalue weighted by Gasteiger charge is -2.12. The molecule has 2 nitrogen and oxygen atoms in total. The molecule has 1 heterocycles. The summed E-state index contributed by atoms with van der Waals surface area (Å²) >= 11 is 5.36. The predicted molar refractivity (Wildman–Crippen MR) is 81.0 cm³/mol. The van der Waals surface area contributed by atoms with Gasteiger partial charge in [-0.15, -0.1) is 11.3 Å². The largest absolute Gasteiger partial charge is 0.304 e. The van der Waals surface area contributed by atoms with E-state index in [-0.39, 0.29) is 6.04 Å². The van der Waals surface area contributed by atoms with Crippen LogP contribution in [0.3, 0.4) is 0 Å². The molecule has 0 saturated heterocycles. The molecule has 0 fully saturated rings. The van der Waals surface area contributed by atoms with E-state index in [1.807, 2.05) is 6.20 Å². The number of halogens is 1. The molecule has 1 N–H and O–H groups in total. The lowest BCUT2D eigenvalue weighted by Crippen LogP contribution is -2.18.